The van der Waals surface area contributed by atoms with Crippen molar-refractivity contribution in [2.45, 2.75) is 6.92 Å². The maximum atomic E-state index is 12.4. The van der Waals surface area contributed by atoms with Gasteiger partial charge in [0.15, 0.2) is 0 Å². The third-order valence-electron chi connectivity index (χ3n) is 5.32. The fraction of sp³-hybridized carbons (Fsp3) is 0.0690. The molecule has 36 heavy (non-hydrogen) atoms. The van der Waals surface area contributed by atoms with E-state index in [-0.39, 0.29) is 24.3 Å². The van der Waals surface area contributed by atoms with Crippen molar-refractivity contribution in [3.8, 4) is 0 Å². The predicted molar refractivity (Wildman–Crippen MR) is 144 cm³/mol. The first-order chi connectivity index (χ1) is 17.5. The van der Waals surface area contributed by atoms with Gasteiger partial charge in [-0.15, -0.1) is 0 Å². The molecule has 0 unspecified atom stereocenters. The minimum atomic E-state index is -0.238. The average Bonchev–Trinajstić information content (AvgIpc) is 2.89. The van der Waals surface area contributed by atoms with Gasteiger partial charge in [-0.1, -0.05) is 42.0 Å². The summed E-state index contributed by atoms with van der Waals surface area (Å²) in [7, 11) is 0. The number of aryl methyl sites for hydroxylation is 1. The number of hydrogen-bond acceptors (Lipinski definition) is 4. The summed E-state index contributed by atoms with van der Waals surface area (Å²) in [4.78, 5) is 37.2. The summed E-state index contributed by atoms with van der Waals surface area (Å²) in [6.45, 7) is 1.99. The molecular weight excluding hydrogens is 452 g/mol. The van der Waals surface area contributed by atoms with Crippen molar-refractivity contribution in [1.82, 2.24) is 0 Å². The van der Waals surface area contributed by atoms with Gasteiger partial charge < -0.3 is 21.3 Å². The number of rotatable bonds is 8. The standard InChI is InChI=1S/C29H26N4O3/c1-20-7-5-10-22(17-20)29(36)32-24-15-13-23(14-16-24)30-19-27(34)31-25-11-6-12-26(18-25)33-28(35)21-8-3-2-4-9-21/h2-18,30H,19H2,1H3,(H,31,34)(H,32,36)(H,33,35). The number of carbonyl (C=O) groups excluding carboxylic acids is 3. The van der Waals surface area contributed by atoms with Crippen LogP contribution in [0.3, 0.4) is 0 Å². The van der Waals surface area contributed by atoms with Crippen LogP contribution in [0.2, 0.25) is 0 Å². The van der Waals surface area contributed by atoms with Crippen LogP contribution in [0.5, 0.6) is 0 Å². The summed E-state index contributed by atoms with van der Waals surface area (Å²) >= 11 is 0. The molecule has 4 rings (SSSR count). The highest BCUT2D eigenvalue weighted by molar-refractivity contribution is 6.05. The first-order valence-electron chi connectivity index (χ1n) is 11.4. The highest BCUT2D eigenvalue weighted by Crippen LogP contribution is 2.17. The van der Waals surface area contributed by atoms with E-state index in [1.54, 1.807) is 78.9 Å². The van der Waals surface area contributed by atoms with E-state index in [0.717, 1.165) is 11.3 Å². The van der Waals surface area contributed by atoms with E-state index in [0.29, 0.717) is 28.2 Å². The van der Waals surface area contributed by atoms with Crippen molar-refractivity contribution in [2.24, 2.45) is 0 Å². The van der Waals surface area contributed by atoms with Crippen LogP contribution in [0.25, 0.3) is 0 Å². The van der Waals surface area contributed by atoms with Crippen LogP contribution in [0.1, 0.15) is 26.3 Å². The van der Waals surface area contributed by atoms with E-state index >= 15 is 0 Å². The Morgan fingerprint density at radius 2 is 1.14 bits per heavy atom. The molecule has 0 heterocycles. The molecule has 0 aromatic heterocycles. The Morgan fingerprint density at radius 1 is 0.556 bits per heavy atom. The van der Waals surface area contributed by atoms with Crippen LogP contribution in [-0.2, 0) is 4.79 Å². The molecule has 0 saturated heterocycles. The summed E-state index contributed by atoms with van der Waals surface area (Å²) < 4.78 is 0. The second-order valence-corrected chi connectivity index (χ2v) is 8.20. The molecule has 180 valence electrons. The molecule has 7 heteroatoms. The molecular formula is C29H26N4O3. The van der Waals surface area contributed by atoms with Crippen LogP contribution in [0, 0.1) is 6.92 Å². The second-order valence-electron chi connectivity index (χ2n) is 8.20. The first-order valence-corrected chi connectivity index (χ1v) is 11.4. The topological polar surface area (TPSA) is 99.3 Å². The number of nitrogens with one attached hydrogen (secondary N) is 4. The summed E-state index contributed by atoms with van der Waals surface area (Å²) in [5.74, 6) is -0.640. The lowest BCUT2D eigenvalue weighted by atomic mass is 10.1. The molecule has 0 bridgehead atoms. The molecule has 4 N–H and O–H groups in total. The van der Waals surface area contributed by atoms with Gasteiger partial charge in [-0.05, 0) is 73.7 Å². The number of benzene rings is 4. The van der Waals surface area contributed by atoms with Crippen molar-refractivity contribution in [3.05, 3.63) is 120 Å². The van der Waals surface area contributed by atoms with Crippen molar-refractivity contribution >= 4 is 40.5 Å². The van der Waals surface area contributed by atoms with Gasteiger partial charge in [-0.2, -0.15) is 0 Å². The lowest BCUT2D eigenvalue weighted by Crippen LogP contribution is -2.22. The normalized spacial score (nSPS) is 10.2. The van der Waals surface area contributed by atoms with Gasteiger partial charge in [-0.3, -0.25) is 14.4 Å². The molecule has 7 nitrogen and oxygen atoms in total. The fourth-order valence-corrected chi connectivity index (χ4v) is 3.52. The largest absolute Gasteiger partial charge is 0.376 e. The van der Waals surface area contributed by atoms with Crippen LogP contribution >= 0.6 is 0 Å². The van der Waals surface area contributed by atoms with Crippen molar-refractivity contribution in [2.75, 3.05) is 27.8 Å². The molecule has 0 spiro atoms. The van der Waals surface area contributed by atoms with Gasteiger partial charge in [0.1, 0.15) is 0 Å². The zero-order valence-corrected chi connectivity index (χ0v) is 19.7. The van der Waals surface area contributed by atoms with E-state index in [1.165, 1.54) is 0 Å². The van der Waals surface area contributed by atoms with Crippen molar-refractivity contribution in [1.29, 1.82) is 0 Å². The minimum absolute atomic E-state index is 0.0512. The zero-order valence-electron chi connectivity index (χ0n) is 19.7. The SMILES string of the molecule is Cc1cccc(C(=O)Nc2ccc(NCC(=O)Nc3cccc(NC(=O)c4ccccc4)c3)cc2)c1. The smallest absolute Gasteiger partial charge is 0.255 e. The number of carbonyl (C=O) groups is 3. The summed E-state index contributed by atoms with van der Waals surface area (Å²) in [5.41, 5.74) is 4.71. The van der Waals surface area contributed by atoms with E-state index in [2.05, 4.69) is 21.3 Å². The maximum absolute atomic E-state index is 12.4. The van der Waals surface area contributed by atoms with Crippen LogP contribution in [0.15, 0.2) is 103 Å². The Balaban J connectivity index is 1.27. The van der Waals surface area contributed by atoms with Gasteiger partial charge in [0.2, 0.25) is 5.91 Å². The van der Waals surface area contributed by atoms with Crippen molar-refractivity contribution < 1.29 is 14.4 Å². The van der Waals surface area contributed by atoms with Crippen LogP contribution in [-0.4, -0.2) is 24.3 Å². The van der Waals surface area contributed by atoms with Crippen molar-refractivity contribution in [3.63, 3.8) is 0 Å². The number of amides is 3. The number of anilines is 4. The van der Waals surface area contributed by atoms with E-state index in [1.807, 2.05) is 31.2 Å². The fourth-order valence-electron chi connectivity index (χ4n) is 3.52. The molecule has 4 aromatic rings. The third kappa shape index (κ3) is 6.80. The number of hydrogen-bond donors (Lipinski definition) is 4. The average molecular weight is 479 g/mol. The van der Waals surface area contributed by atoms with E-state index in [9.17, 15) is 14.4 Å². The van der Waals surface area contributed by atoms with Gasteiger partial charge in [0, 0.05) is 33.9 Å². The van der Waals surface area contributed by atoms with E-state index < -0.39 is 0 Å². The maximum Gasteiger partial charge on any atom is 0.255 e. The Labute approximate surface area is 209 Å². The quantitative estimate of drug-likeness (QED) is 0.267. The van der Waals surface area contributed by atoms with Crippen LogP contribution in [0.4, 0.5) is 22.7 Å². The minimum Gasteiger partial charge on any atom is -0.376 e. The summed E-state index contributed by atoms with van der Waals surface area (Å²) in [5, 5.41) is 11.6. The van der Waals surface area contributed by atoms with Gasteiger partial charge in [-0.25, -0.2) is 0 Å². The van der Waals surface area contributed by atoms with E-state index in [4.69, 9.17) is 0 Å². The Hall–Kier alpha value is -4.91. The zero-order chi connectivity index (χ0) is 25.3. The molecule has 4 aromatic carbocycles. The molecule has 3 amide bonds. The second kappa shape index (κ2) is 11.5. The molecule has 0 saturated carbocycles. The molecule has 0 fully saturated rings. The molecule has 0 atom stereocenters. The third-order valence-corrected chi connectivity index (χ3v) is 5.32. The Morgan fingerprint density at radius 3 is 1.86 bits per heavy atom. The lowest BCUT2D eigenvalue weighted by molar-refractivity contribution is -0.114. The van der Waals surface area contributed by atoms with Crippen LogP contribution < -0.4 is 21.3 Å². The highest BCUT2D eigenvalue weighted by Gasteiger charge is 2.08. The first kappa shape index (κ1) is 24.2. The van der Waals surface area contributed by atoms with Gasteiger partial charge in [0.05, 0.1) is 6.54 Å². The predicted octanol–water partition coefficient (Wildman–Crippen LogP) is 5.55. The Kier molecular flexibility index (Phi) is 7.73. The Bertz CT molecular complexity index is 1370. The monoisotopic (exact) mass is 478 g/mol. The van der Waals surface area contributed by atoms with Gasteiger partial charge >= 0.3 is 0 Å². The molecule has 0 radical (unpaired) electrons. The van der Waals surface area contributed by atoms with Gasteiger partial charge in [0.25, 0.3) is 11.8 Å². The molecule has 0 aliphatic heterocycles. The summed E-state index contributed by atoms with van der Waals surface area (Å²) in [6, 6.07) is 30.4. The highest BCUT2D eigenvalue weighted by atomic mass is 16.2. The molecule has 0 aliphatic rings. The lowest BCUT2D eigenvalue weighted by Gasteiger charge is -2.11. The molecule has 0 aliphatic carbocycles. The summed E-state index contributed by atoms with van der Waals surface area (Å²) in [6.07, 6.45) is 0.